The van der Waals surface area contributed by atoms with E-state index in [1.165, 1.54) is 6.20 Å². The normalized spacial score (nSPS) is 20.4. The smallest absolute Gasteiger partial charge is 0.260 e. The number of imidazole rings is 1. The molecular formula is C13H24N4O2S. The molecular weight excluding hydrogens is 276 g/mol. The summed E-state index contributed by atoms with van der Waals surface area (Å²) in [5.41, 5.74) is 0. The standard InChI is InChI=1S/C13H24N4O2S/c1-3-8-17(11-6-5-7-14-9-11)20(18,19)13-10-15-12(4-2)16-13/h10-11,14H,3-9H2,1-2H3,(H,15,16). The minimum absolute atomic E-state index is 0.0436. The predicted octanol–water partition coefficient (Wildman–Crippen LogP) is 1.12. The highest BCUT2D eigenvalue weighted by atomic mass is 32.2. The Kier molecular flexibility index (Phi) is 5.17. The van der Waals surface area contributed by atoms with Gasteiger partial charge >= 0.3 is 0 Å². The Morgan fingerprint density at radius 1 is 1.45 bits per heavy atom. The lowest BCUT2D eigenvalue weighted by atomic mass is 10.1. The van der Waals surface area contributed by atoms with Crippen molar-refractivity contribution in [3.05, 3.63) is 12.0 Å². The fourth-order valence-electron chi connectivity index (χ4n) is 2.58. The number of nitrogens with zero attached hydrogens (tertiary/aromatic N) is 2. The van der Waals surface area contributed by atoms with Crippen LogP contribution in [0.1, 0.15) is 38.9 Å². The maximum absolute atomic E-state index is 12.8. The Hall–Kier alpha value is -0.920. The van der Waals surface area contributed by atoms with E-state index in [0.717, 1.165) is 32.4 Å². The van der Waals surface area contributed by atoms with Gasteiger partial charge in [0.15, 0.2) is 5.03 Å². The van der Waals surface area contributed by atoms with Crippen LogP contribution in [-0.2, 0) is 16.4 Å². The van der Waals surface area contributed by atoms with E-state index >= 15 is 0 Å². The molecule has 114 valence electrons. The van der Waals surface area contributed by atoms with Crippen molar-refractivity contribution in [2.45, 2.75) is 50.6 Å². The average molecular weight is 300 g/mol. The number of H-pyrrole nitrogens is 1. The van der Waals surface area contributed by atoms with Crippen LogP contribution in [0.5, 0.6) is 0 Å². The Bertz CT molecular complexity index is 520. The molecule has 0 aromatic carbocycles. The lowest BCUT2D eigenvalue weighted by molar-refractivity contribution is 0.265. The van der Waals surface area contributed by atoms with E-state index in [0.29, 0.717) is 18.8 Å². The lowest BCUT2D eigenvalue weighted by Crippen LogP contribution is -2.48. The van der Waals surface area contributed by atoms with Crippen LogP contribution in [0.4, 0.5) is 0 Å². The summed E-state index contributed by atoms with van der Waals surface area (Å²) >= 11 is 0. The van der Waals surface area contributed by atoms with Gasteiger partial charge in [-0.3, -0.25) is 0 Å². The molecule has 1 aliphatic rings. The molecule has 1 aromatic rings. The van der Waals surface area contributed by atoms with E-state index in [9.17, 15) is 8.42 Å². The van der Waals surface area contributed by atoms with Gasteiger partial charge in [0.1, 0.15) is 5.82 Å². The molecule has 0 radical (unpaired) electrons. The molecule has 2 rings (SSSR count). The Morgan fingerprint density at radius 3 is 2.80 bits per heavy atom. The van der Waals surface area contributed by atoms with Gasteiger partial charge in [0, 0.05) is 25.6 Å². The van der Waals surface area contributed by atoms with Crippen molar-refractivity contribution in [2.75, 3.05) is 19.6 Å². The van der Waals surface area contributed by atoms with Crippen LogP contribution >= 0.6 is 0 Å². The zero-order valence-electron chi connectivity index (χ0n) is 12.2. The Labute approximate surface area is 121 Å². The zero-order valence-corrected chi connectivity index (χ0v) is 13.0. The van der Waals surface area contributed by atoms with Crippen molar-refractivity contribution >= 4 is 10.0 Å². The molecule has 6 nitrogen and oxygen atoms in total. The first-order chi connectivity index (χ1) is 9.59. The number of piperidine rings is 1. The number of sulfonamides is 1. The fourth-order valence-corrected chi connectivity index (χ4v) is 4.26. The zero-order chi connectivity index (χ0) is 14.6. The first-order valence-electron chi connectivity index (χ1n) is 7.36. The van der Waals surface area contributed by atoms with Gasteiger partial charge in [0.25, 0.3) is 10.0 Å². The van der Waals surface area contributed by atoms with Crippen molar-refractivity contribution in [3.8, 4) is 0 Å². The number of nitrogens with one attached hydrogen (secondary N) is 2. The molecule has 2 N–H and O–H groups in total. The molecule has 1 unspecified atom stereocenters. The minimum atomic E-state index is -3.48. The van der Waals surface area contributed by atoms with E-state index in [4.69, 9.17) is 0 Å². The molecule has 1 saturated heterocycles. The third-order valence-electron chi connectivity index (χ3n) is 3.65. The molecule has 7 heteroatoms. The van der Waals surface area contributed by atoms with Crippen LogP contribution in [0, 0.1) is 0 Å². The van der Waals surface area contributed by atoms with Crippen LogP contribution in [-0.4, -0.2) is 48.4 Å². The van der Waals surface area contributed by atoms with Gasteiger partial charge in [-0.2, -0.15) is 4.31 Å². The average Bonchev–Trinajstić information content (AvgIpc) is 2.95. The van der Waals surface area contributed by atoms with Crippen LogP contribution in [0.25, 0.3) is 0 Å². The Morgan fingerprint density at radius 2 is 2.25 bits per heavy atom. The molecule has 1 aromatic heterocycles. The number of aryl methyl sites for hydroxylation is 1. The van der Waals surface area contributed by atoms with Gasteiger partial charge in [-0.1, -0.05) is 13.8 Å². The second-order valence-electron chi connectivity index (χ2n) is 5.16. The SMILES string of the molecule is CCCN(C1CCCNC1)S(=O)(=O)c1cnc(CC)[nH]1. The molecule has 20 heavy (non-hydrogen) atoms. The number of hydrogen-bond donors (Lipinski definition) is 2. The minimum Gasteiger partial charge on any atom is -0.332 e. The van der Waals surface area contributed by atoms with E-state index in [2.05, 4.69) is 15.3 Å². The molecule has 1 atom stereocenters. The van der Waals surface area contributed by atoms with Crippen molar-refractivity contribution < 1.29 is 8.42 Å². The number of aromatic nitrogens is 2. The highest BCUT2D eigenvalue weighted by molar-refractivity contribution is 7.89. The third kappa shape index (κ3) is 3.21. The van der Waals surface area contributed by atoms with Crippen molar-refractivity contribution in [1.82, 2.24) is 19.6 Å². The number of aromatic amines is 1. The van der Waals surface area contributed by atoms with Gasteiger partial charge in [-0.15, -0.1) is 0 Å². The van der Waals surface area contributed by atoms with Gasteiger partial charge in [0.05, 0.1) is 6.20 Å². The third-order valence-corrected chi connectivity index (χ3v) is 5.51. The van der Waals surface area contributed by atoms with Gasteiger partial charge in [0.2, 0.25) is 0 Å². The van der Waals surface area contributed by atoms with Crippen LogP contribution in [0.15, 0.2) is 11.2 Å². The summed E-state index contributed by atoms with van der Waals surface area (Å²) in [4.78, 5) is 7.03. The summed E-state index contributed by atoms with van der Waals surface area (Å²) in [6.45, 7) is 6.21. The summed E-state index contributed by atoms with van der Waals surface area (Å²) in [5, 5.41) is 3.50. The fraction of sp³-hybridized carbons (Fsp3) is 0.769. The van der Waals surface area contributed by atoms with Crippen molar-refractivity contribution in [3.63, 3.8) is 0 Å². The summed E-state index contributed by atoms with van der Waals surface area (Å²) in [6.07, 6.45) is 4.89. The first-order valence-corrected chi connectivity index (χ1v) is 8.80. The van der Waals surface area contributed by atoms with Crippen LogP contribution in [0.3, 0.4) is 0 Å². The second kappa shape index (κ2) is 6.69. The highest BCUT2D eigenvalue weighted by Gasteiger charge is 2.32. The highest BCUT2D eigenvalue weighted by Crippen LogP contribution is 2.21. The topological polar surface area (TPSA) is 78.1 Å². The molecule has 1 fully saturated rings. The molecule has 1 aliphatic heterocycles. The quantitative estimate of drug-likeness (QED) is 0.825. The van der Waals surface area contributed by atoms with E-state index in [1.54, 1.807) is 4.31 Å². The molecule has 0 saturated carbocycles. The molecule has 2 heterocycles. The van der Waals surface area contributed by atoms with Crippen molar-refractivity contribution in [2.24, 2.45) is 0 Å². The molecule has 0 spiro atoms. The number of rotatable bonds is 6. The van der Waals surface area contributed by atoms with Gasteiger partial charge in [-0.05, 0) is 25.8 Å². The lowest BCUT2D eigenvalue weighted by Gasteiger charge is -2.33. The molecule has 0 aliphatic carbocycles. The monoisotopic (exact) mass is 300 g/mol. The summed E-state index contributed by atoms with van der Waals surface area (Å²) in [5.74, 6) is 0.710. The Balaban J connectivity index is 2.26. The second-order valence-corrected chi connectivity index (χ2v) is 7.02. The summed E-state index contributed by atoms with van der Waals surface area (Å²) in [7, 11) is -3.48. The van der Waals surface area contributed by atoms with Crippen LogP contribution in [0.2, 0.25) is 0 Å². The van der Waals surface area contributed by atoms with Gasteiger partial charge < -0.3 is 10.3 Å². The van der Waals surface area contributed by atoms with E-state index in [-0.39, 0.29) is 11.1 Å². The molecule has 0 amide bonds. The van der Waals surface area contributed by atoms with Gasteiger partial charge in [-0.25, -0.2) is 13.4 Å². The van der Waals surface area contributed by atoms with E-state index in [1.807, 2.05) is 13.8 Å². The van der Waals surface area contributed by atoms with Crippen molar-refractivity contribution in [1.29, 1.82) is 0 Å². The number of hydrogen-bond acceptors (Lipinski definition) is 4. The summed E-state index contributed by atoms with van der Waals surface area (Å²) in [6, 6.07) is 0.0436. The predicted molar refractivity (Wildman–Crippen MR) is 78.0 cm³/mol. The molecule has 0 bridgehead atoms. The maximum Gasteiger partial charge on any atom is 0.260 e. The van der Waals surface area contributed by atoms with E-state index < -0.39 is 10.0 Å². The van der Waals surface area contributed by atoms with Crippen LogP contribution < -0.4 is 5.32 Å². The largest absolute Gasteiger partial charge is 0.332 e. The first kappa shape index (κ1) is 15.5. The maximum atomic E-state index is 12.8. The summed E-state index contributed by atoms with van der Waals surface area (Å²) < 4.78 is 27.2.